The van der Waals surface area contributed by atoms with Gasteiger partial charge in [0.2, 0.25) is 0 Å². The second-order valence-electron chi connectivity index (χ2n) is 5.46. The van der Waals surface area contributed by atoms with Gasteiger partial charge >= 0.3 is 5.63 Å². The van der Waals surface area contributed by atoms with Crippen LogP contribution in [0.4, 0.5) is 0 Å². The normalized spacial score (nSPS) is 11.0. The molecule has 0 aliphatic rings. The molecule has 1 N–H and O–H groups in total. The van der Waals surface area contributed by atoms with Crippen molar-refractivity contribution in [1.29, 1.82) is 0 Å². The van der Waals surface area contributed by atoms with Gasteiger partial charge in [0.05, 0.1) is 16.9 Å². The van der Waals surface area contributed by atoms with E-state index in [1.54, 1.807) is 24.0 Å². The van der Waals surface area contributed by atoms with E-state index in [2.05, 4.69) is 5.10 Å². The van der Waals surface area contributed by atoms with Crippen molar-refractivity contribution in [1.82, 2.24) is 9.78 Å². The minimum absolute atomic E-state index is 0.0835. The average molecular weight is 331 g/mol. The fourth-order valence-corrected chi connectivity index (χ4v) is 2.87. The van der Waals surface area contributed by atoms with Crippen molar-refractivity contribution < 1.29 is 9.52 Å². The van der Waals surface area contributed by atoms with Crippen molar-refractivity contribution in [3.8, 4) is 22.6 Å². The molecule has 0 unspecified atom stereocenters. The Kier molecular flexibility index (Phi) is 3.74. The summed E-state index contributed by atoms with van der Waals surface area (Å²) in [6.07, 6.45) is 3.26. The number of rotatable bonds is 2. The number of halogens is 1. The topological polar surface area (TPSA) is 68.3 Å². The lowest BCUT2D eigenvalue weighted by Gasteiger charge is -2.13. The second-order valence-corrected chi connectivity index (χ2v) is 5.90. The number of aromatic hydroxyl groups is 1. The minimum Gasteiger partial charge on any atom is -0.507 e. The van der Waals surface area contributed by atoms with E-state index in [9.17, 15) is 9.90 Å². The molecule has 0 radical (unpaired) electrons. The lowest BCUT2D eigenvalue weighted by atomic mass is 9.95. The first-order valence-electron chi connectivity index (χ1n) is 7.02. The third-order valence-electron chi connectivity index (χ3n) is 3.64. The Morgan fingerprint density at radius 2 is 1.78 bits per heavy atom. The maximum absolute atomic E-state index is 12.2. The van der Waals surface area contributed by atoms with Crippen LogP contribution in [0, 0.1) is 20.8 Å². The minimum atomic E-state index is -0.552. The standard InChI is InChI=1S/C17H15ClN2O3/c1-9-4-13(20-8-12(18)7-19-20)5-10(2)15(9)16-14(21)6-11(3)23-17(16)22/h4-8,21H,1-3H3. The maximum Gasteiger partial charge on any atom is 0.347 e. The van der Waals surface area contributed by atoms with E-state index >= 15 is 0 Å². The van der Waals surface area contributed by atoms with Gasteiger partial charge in [-0.25, -0.2) is 9.48 Å². The first-order valence-corrected chi connectivity index (χ1v) is 7.40. The lowest BCUT2D eigenvalue weighted by Crippen LogP contribution is -2.07. The molecule has 3 aromatic rings. The highest BCUT2D eigenvalue weighted by Crippen LogP contribution is 2.33. The Labute approximate surface area is 137 Å². The van der Waals surface area contributed by atoms with Gasteiger partial charge in [-0.2, -0.15) is 5.10 Å². The zero-order chi connectivity index (χ0) is 16.7. The van der Waals surface area contributed by atoms with Crippen molar-refractivity contribution in [2.24, 2.45) is 0 Å². The number of aromatic nitrogens is 2. The third-order valence-corrected chi connectivity index (χ3v) is 3.83. The first kappa shape index (κ1) is 15.4. The van der Waals surface area contributed by atoms with Crippen molar-refractivity contribution in [2.45, 2.75) is 20.8 Å². The van der Waals surface area contributed by atoms with Gasteiger partial charge in [-0.05, 0) is 49.6 Å². The monoisotopic (exact) mass is 330 g/mol. The summed E-state index contributed by atoms with van der Waals surface area (Å²) in [5.41, 5.74) is 2.78. The molecule has 5 nitrogen and oxygen atoms in total. The number of nitrogens with zero attached hydrogens (tertiary/aromatic N) is 2. The Morgan fingerprint density at radius 1 is 1.13 bits per heavy atom. The van der Waals surface area contributed by atoms with Crippen LogP contribution >= 0.6 is 11.6 Å². The predicted molar refractivity (Wildman–Crippen MR) is 88.4 cm³/mol. The molecule has 2 heterocycles. The molecule has 0 fully saturated rings. The Bertz CT molecular complexity index is 934. The van der Waals surface area contributed by atoms with Crippen LogP contribution in [-0.4, -0.2) is 14.9 Å². The van der Waals surface area contributed by atoms with Gasteiger partial charge < -0.3 is 9.52 Å². The lowest BCUT2D eigenvalue weighted by molar-refractivity contribution is 0.438. The van der Waals surface area contributed by atoms with E-state index in [0.717, 1.165) is 16.8 Å². The highest BCUT2D eigenvalue weighted by atomic mass is 35.5. The molecule has 0 aliphatic carbocycles. The molecule has 6 heteroatoms. The Hall–Kier alpha value is -2.53. The van der Waals surface area contributed by atoms with Crippen molar-refractivity contribution in [2.75, 3.05) is 0 Å². The molecular weight excluding hydrogens is 316 g/mol. The van der Waals surface area contributed by atoms with E-state index in [1.807, 2.05) is 26.0 Å². The molecule has 0 aliphatic heterocycles. The van der Waals surface area contributed by atoms with Gasteiger partial charge in [-0.3, -0.25) is 0 Å². The van der Waals surface area contributed by atoms with E-state index in [4.69, 9.17) is 16.0 Å². The van der Waals surface area contributed by atoms with Crippen LogP contribution < -0.4 is 5.63 Å². The summed E-state index contributed by atoms with van der Waals surface area (Å²) in [5, 5.41) is 14.9. The van der Waals surface area contributed by atoms with Gasteiger partial charge in [0, 0.05) is 12.3 Å². The number of benzene rings is 1. The summed E-state index contributed by atoms with van der Waals surface area (Å²) in [6.45, 7) is 5.36. The quantitative estimate of drug-likeness (QED) is 0.776. The van der Waals surface area contributed by atoms with Crippen LogP contribution in [0.1, 0.15) is 16.9 Å². The zero-order valence-corrected chi connectivity index (χ0v) is 13.7. The molecule has 3 rings (SSSR count). The van der Waals surface area contributed by atoms with Crippen LogP contribution in [0.2, 0.25) is 5.02 Å². The van der Waals surface area contributed by atoms with Gasteiger partial charge in [0.1, 0.15) is 17.1 Å². The molecule has 0 amide bonds. The highest BCUT2D eigenvalue weighted by molar-refractivity contribution is 6.30. The molecular formula is C17H15ClN2O3. The first-order chi connectivity index (χ1) is 10.9. The average Bonchev–Trinajstić information content (AvgIpc) is 2.87. The summed E-state index contributed by atoms with van der Waals surface area (Å²) in [7, 11) is 0. The summed E-state index contributed by atoms with van der Waals surface area (Å²) in [4.78, 5) is 12.2. The predicted octanol–water partition coefficient (Wildman–Crippen LogP) is 3.78. The van der Waals surface area contributed by atoms with Gasteiger partial charge in [-0.15, -0.1) is 0 Å². The number of hydrogen-bond donors (Lipinski definition) is 1. The van der Waals surface area contributed by atoms with Crippen LogP contribution in [0.3, 0.4) is 0 Å². The van der Waals surface area contributed by atoms with E-state index in [0.29, 0.717) is 16.3 Å². The third kappa shape index (κ3) is 2.75. The molecule has 2 aromatic heterocycles. The summed E-state index contributed by atoms with van der Waals surface area (Å²) in [6, 6.07) is 5.20. The van der Waals surface area contributed by atoms with Crippen molar-refractivity contribution in [3.05, 3.63) is 62.9 Å². The Balaban J connectivity index is 2.21. The fourth-order valence-electron chi connectivity index (χ4n) is 2.74. The number of hydrogen-bond acceptors (Lipinski definition) is 4. The summed E-state index contributed by atoms with van der Waals surface area (Å²) in [5.74, 6) is 0.286. The molecule has 0 spiro atoms. The molecule has 23 heavy (non-hydrogen) atoms. The van der Waals surface area contributed by atoms with Crippen molar-refractivity contribution in [3.63, 3.8) is 0 Å². The second kappa shape index (κ2) is 5.59. The van der Waals surface area contributed by atoms with Crippen LogP contribution in [0.15, 0.2) is 39.8 Å². The zero-order valence-electron chi connectivity index (χ0n) is 12.9. The number of aryl methyl sites for hydroxylation is 3. The maximum atomic E-state index is 12.2. The molecule has 0 saturated carbocycles. The molecule has 0 saturated heterocycles. The molecule has 1 aromatic carbocycles. The van der Waals surface area contributed by atoms with Crippen LogP contribution in [0.25, 0.3) is 16.8 Å². The van der Waals surface area contributed by atoms with Gasteiger partial charge in [0.15, 0.2) is 0 Å². The molecule has 0 atom stereocenters. The smallest absolute Gasteiger partial charge is 0.347 e. The Morgan fingerprint density at radius 3 is 2.30 bits per heavy atom. The summed E-state index contributed by atoms with van der Waals surface area (Å²) >= 11 is 5.90. The SMILES string of the molecule is Cc1cc(O)c(-c2c(C)cc(-n3cc(Cl)cn3)cc2C)c(=O)o1. The van der Waals surface area contributed by atoms with Crippen LogP contribution in [-0.2, 0) is 0 Å². The fraction of sp³-hybridized carbons (Fsp3) is 0.176. The highest BCUT2D eigenvalue weighted by Gasteiger charge is 2.18. The van der Waals surface area contributed by atoms with Crippen LogP contribution in [0.5, 0.6) is 5.75 Å². The molecule has 0 bridgehead atoms. The summed E-state index contributed by atoms with van der Waals surface area (Å²) < 4.78 is 6.78. The van der Waals surface area contributed by atoms with E-state index < -0.39 is 5.63 Å². The van der Waals surface area contributed by atoms with Crippen molar-refractivity contribution >= 4 is 11.6 Å². The molecule has 118 valence electrons. The van der Waals surface area contributed by atoms with Gasteiger partial charge in [0.25, 0.3) is 0 Å². The van der Waals surface area contributed by atoms with Gasteiger partial charge in [-0.1, -0.05) is 11.6 Å². The van der Waals surface area contributed by atoms with E-state index in [1.165, 1.54) is 6.07 Å². The largest absolute Gasteiger partial charge is 0.507 e. The van der Waals surface area contributed by atoms with E-state index in [-0.39, 0.29) is 11.3 Å².